The van der Waals surface area contributed by atoms with Crippen molar-refractivity contribution in [2.75, 3.05) is 12.8 Å². The van der Waals surface area contributed by atoms with Crippen LogP contribution in [-0.4, -0.2) is 53.9 Å². The maximum absolute atomic E-state index is 12.6. The Kier molecular flexibility index (Phi) is 5.01. The molecule has 116 valence electrons. The van der Waals surface area contributed by atoms with Crippen LogP contribution in [0.25, 0.3) is 0 Å². The molecule has 8 heteroatoms. The summed E-state index contributed by atoms with van der Waals surface area (Å²) in [5, 5.41) is 11.6. The number of oxime groups is 1. The molecule has 0 aromatic heterocycles. The lowest BCUT2D eigenvalue weighted by atomic mass is 10.1. The molecular weight excluding hydrogens is 282 g/mol. The number of hydrogen-bond donors (Lipinski definition) is 2. The van der Waals surface area contributed by atoms with E-state index in [1.54, 1.807) is 0 Å². The number of rotatable bonds is 5. The molecule has 0 unspecified atom stereocenters. The van der Waals surface area contributed by atoms with Crippen LogP contribution in [0.4, 0.5) is 0 Å². The van der Waals surface area contributed by atoms with E-state index in [1.165, 1.54) is 18.7 Å². The Morgan fingerprint density at radius 1 is 1.40 bits per heavy atom. The van der Waals surface area contributed by atoms with E-state index >= 15 is 0 Å². The van der Waals surface area contributed by atoms with Gasteiger partial charge in [0.05, 0.1) is 6.54 Å². The molecule has 1 aliphatic carbocycles. The Morgan fingerprint density at radius 3 is 2.30 bits per heavy atom. The van der Waals surface area contributed by atoms with Crippen LogP contribution < -0.4 is 5.73 Å². The summed E-state index contributed by atoms with van der Waals surface area (Å²) in [7, 11) is -3.55. The van der Waals surface area contributed by atoms with Crippen molar-refractivity contribution in [3.63, 3.8) is 0 Å². The van der Waals surface area contributed by atoms with Crippen LogP contribution in [-0.2, 0) is 14.6 Å². The molecule has 1 saturated carbocycles. The number of carbonyl (C=O) groups is 1. The van der Waals surface area contributed by atoms with Crippen molar-refractivity contribution in [3.8, 4) is 0 Å². The van der Waals surface area contributed by atoms with Crippen molar-refractivity contribution in [3.05, 3.63) is 0 Å². The van der Waals surface area contributed by atoms with Gasteiger partial charge in [-0.25, -0.2) is 8.42 Å². The van der Waals surface area contributed by atoms with Gasteiger partial charge in [0.15, 0.2) is 15.7 Å². The summed E-state index contributed by atoms with van der Waals surface area (Å²) in [4.78, 5) is 14.0. The molecule has 0 atom stereocenters. The number of carbonyl (C=O) groups excluding carboxylic acids is 1. The summed E-state index contributed by atoms with van der Waals surface area (Å²) in [5.41, 5.74) is 5.49. The summed E-state index contributed by atoms with van der Waals surface area (Å²) >= 11 is 0. The highest BCUT2D eigenvalue weighted by atomic mass is 32.2. The van der Waals surface area contributed by atoms with Gasteiger partial charge in [-0.1, -0.05) is 18.0 Å². The van der Waals surface area contributed by atoms with Gasteiger partial charge in [0.1, 0.15) is 4.75 Å². The van der Waals surface area contributed by atoms with Crippen LogP contribution in [0.2, 0.25) is 0 Å². The van der Waals surface area contributed by atoms with E-state index < -0.39 is 20.5 Å². The minimum Gasteiger partial charge on any atom is -0.409 e. The van der Waals surface area contributed by atoms with Gasteiger partial charge in [0, 0.05) is 12.3 Å². The lowest BCUT2D eigenvalue weighted by Crippen LogP contribution is -2.54. The molecule has 7 nitrogen and oxygen atoms in total. The van der Waals surface area contributed by atoms with E-state index in [-0.39, 0.29) is 18.4 Å². The van der Waals surface area contributed by atoms with Crippen molar-refractivity contribution in [1.82, 2.24) is 4.90 Å². The van der Waals surface area contributed by atoms with Crippen molar-refractivity contribution in [2.45, 2.75) is 50.3 Å². The van der Waals surface area contributed by atoms with Gasteiger partial charge in [-0.2, -0.15) is 0 Å². The molecule has 0 aliphatic heterocycles. The molecule has 0 radical (unpaired) electrons. The molecule has 1 amide bonds. The number of nitrogens with two attached hydrogens (primary N) is 1. The number of hydrogen-bond acceptors (Lipinski definition) is 5. The Hall–Kier alpha value is -1.31. The third-order valence-electron chi connectivity index (χ3n) is 3.93. The number of sulfone groups is 1. The highest BCUT2D eigenvalue weighted by Crippen LogP contribution is 2.27. The first kappa shape index (κ1) is 16.7. The molecular formula is C12H23N3O4S. The Bertz CT molecular complexity index is 493. The third kappa shape index (κ3) is 3.41. The minimum atomic E-state index is -3.55. The van der Waals surface area contributed by atoms with E-state index in [0.717, 1.165) is 31.9 Å². The van der Waals surface area contributed by atoms with E-state index in [4.69, 9.17) is 10.9 Å². The van der Waals surface area contributed by atoms with Crippen LogP contribution in [0.3, 0.4) is 0 Å². The molecule has 1 rings (SSSR count). The number of nitrogens with zero attached hydrogens (tertiary/aromatic N) is 2. The van der Waals surface area contributed by atoms with Crippen LogP contribution in [0.1, 0.15) is 39.5 Å². The van der Waals surface area contributed by atoms with Gasteiger partial charge in [0.2, 0.25) is 5.91 Å². The van der Waals surface area contributed by atoms with Crippen LogP contribution >= 0.6 is 0 Å². The average molecular weight is 305 g/mol. The Morgan fingerprint density at radius 2 is 1.90 bits per heavy atom. The second-order valence-corrected chi connectivity index (χ2v) is 8.31. The van der Waals surface area contributed by atoms with Gasteiger partial charge in [0.25, 0.3) is 0 Å². The van der Waals surface area contributed by atoms with Crippen molar-refractivity contribution >= 4 is 21.6 Å². The SMILES string of the molecule is CC(C)(C(=O)N(CC(N)=NO)C1CCCC1)S(C)(=O)=O. The highest BCUT2D eigenvalue weighted by molar-refractivity contribution is 7.92. The molecule has 0 aromatic rings. The second-order valence-electron chi connectivity index (χ2n) is 5.75. The third-order valence-corrected chi connectivity index (χ3v) is 5.96. The molecule has 0 aromatic carbocycles. The maximum Gasteiger partial charge on any atom is 0.244 e. The average Bonchev–Trinajstić information content (AvgIpc) is 2.86. The first-order valence-corrected chi connectivity index (χ1v) is 8.47. The first-order valence-electron chi connectivity index (χ1n) is 6.58. The van der Waals surface area contributed by atoms with E-state index in [2.05, 4.69) is 5.16 Å². The standard InChI is InChI=1S/C12H23N3O4S/c1-12(2,20(3,18)19)11(16)15(8-10(13)14-17)9-6-4-5-7-9/h9,17H,4-8H2,1-3H3,(H2,13,14). The molecule has 0 saturated heterocycles. The normalized spacial score (nSPS) is 18.2. The molecule has 0 spiro atoms. The van der Waals surface area contributed by atoms with E-state index in [1.807, 2.05) is 0 Å². The van der Waals surface area contributed by atoms with Crippen LogP contribution in [0.5, 0.6) is 0 Å². The fourth-order valence-corrected chi connectivity index (χ4v) is 2.73. The van der Waals surface area contributed by atoms with E-state index in [0.29, 0.717) is 0 Å². The highest BCUT2D eigenvalue weighted by Gasteiger charge is 2.43. The van der Waals surface area contributed by atoms with E-state index in [9.17, 15) is 13.2 Å². The van der Waals surface area contributed by atoms with Crippen LogP contribution in [0.15, 0.2) is 5.16 Å². The lowest BCUT2D eigenvalue weighted by molar-refractivity contribution is -0.134. The van der Waals surface area contributed by atoms with Crippen molar-refractivity contribution in [2.24, 2.45) is 10.9 Å². The van der Waals surface area contributed by atoms with Gasteiger partial charge in [-0.15, -0.1) is 0 Å². The smallest absolute Gasteiger partial charge is 0.244 e. The van der Waals surface area contributed by atoms with Gasteiger partial charge in [-0.3, -0.25) is 4.79 Å². The Labute approximate surface area is 119 Å². The predicted octanol–water partition coefficient (Wildman–Crippen LogP) is 0.327. The molecule has 20 heavy (non-hydrogen) atoms. The Balaban J connectivity index is 3.07. The van der Waals surface area contributed by atoms with Crippen molar-refractivity contribution < 1.29 is 18.4 Å². The fraction of sp³-hybridized carbons (Fsp3) is 0.833. The monoisotopic (exact) mass is 305 g/mol. The molecule has 3 N–H and O–H groups in total. The van der Waals surface area contributed by atoms with Gasteiger partial charge < -0.3 is 15.8 Å². The van der Waals surface area contributed by atoms with Gasteiger partial charge >= 0.3 is 0 Å². The van der Waals surface area contributed by atoms with Gasteiger partial charge in [-0.05, 0) is 26.7 Å². The summed E-state index contributed by atoms with van der Waals surface area (Å²) in [6, 6.07) is -0.0520. The summed E-state index contributed by atoms with van der Waals surface area (Å²) in [6.45, 7) is 2.72. The fourth-order valence-electron chi connectivity index (χ4n) is 2.29. The zero-order valence-electron chi connectivity index (χ0n) is 12.2. The summed E-state index contributed by atoms with van der Waals surface area (Å²) in [6.07, 6.45) is 4.64. The molecule has 1 aliphatic rings. The van der Waals surface area contributed by atoms with Crippen LogP contribution in [0, 0.1) is 0 Å². The summed E-state index contributed by atoms with van der Waals surface area (Å²) < 4.78 is 22.1. The minimum absolute atomic E-state index is 0.0520. The molecule has 1 fully saturated rings. The molecule has 0 bridgehead atoms. The number of amides is 1. The molecule has 0 heterocycles. The first-order chi connectivity index (χ1) is 9.11. The van der Waals surface area contributed by atoms with Crippen molar-refractivity contribution in [1.29, 1.82) is 0 Å². The quantitative estimate of drug-likeness (QED) is 0.329. The maximum atomic E-state index is 12.6. The predicted molar refractivity (Wildman–Crippen MR) is 76.3 cm³/mol. The zero-order chi connectivity index (χ0) is 15.6. The number of amidine groups is 1. The second kappa shape index (κ2) is 5.99. The largest absolute Gasteiger partial charge is 0.409 e. The summed E-state index contributed by atoms with van der Waals surface area (Å²) in [5.74, 6) is -0.604. The lowest BCUT2D eigenvalue weighted by Gasteiger charge is -2.34. The topological polar surface area (TPSA) is 113 Å². The zero-order valence-corrected chi connectivity index (χ0v) is 13.0.